The maximum Gasteiger partial charge on any atom is 0.264 e. The van der Waals surface area contributed by atoms with E-state index in [0.29, 0.717) is 0 Å². The Hall–Kier alpha value is -3.85. The minimum atomic E-state index is -4.29. The number of anilines is 1. The second-order valence-corrected chi connectivity index (χ2v) is 12.9. The van der Waals surface area contributed by atoms with Gasteiger partial charge in [-0.2, -0.15) is 0 Å². The lowest BCUT2D eigenvalue weighted by molar-refractivity contribution is -0.139. The number of rotatable bonds is 11. The summed E-state index contributed by atoms with van der Waals surface area (Å²) in [5.41, 5.74) is 3.60. The van der Waals surface area contributed by atoms with E-state index in [1.54, 1.807) is 18.2 Å². The van der Waals surface area contributed by atoms with Gasteiger partial charge in [-0.1, -0.05) is 107 Å². The van der Waals surface area contributed by atoms with Crippen molar-refractivity contribution in [2.45, 2.75) is 37.8 Å². The van der Waals surface area contributed by atoms with Gasteiger partial charge < -0.3 is 10.2 Å². The molecule has 1 N–H and O–H groups in total. The highest BCUT2D eigenvalue weighted by Gasteiger charge is 2.35. The topological polar surface area (TPSA) is 86.8 Å². The number of aryl methyl sites for hydroxylation is 2. The Bertz CT molecular complexity index is 1680. The number of benzene rings is 4. The molecule has 0 unspecified atom stereocenters. The zero-order valence-electron chi connectivity index (χ0n) is 24.1. The predicted octanol–water partition coefficient (Wildman–Crippen LogP) is 6.19. The molecule has 0 spiro atoms. The average Bonchev–Trinajstić information content (AvgIpc) is 3.00. The summed E-state index contributed by atoms with van der Waals surface area (Å²) < 4.78 is 29.1. The zero-order chi connectivity index (χ0) is 31.1. The highest BCUT2D eigenvalue weighted by molar-refractivity contribution is 7.92. The predicted molar refractivity (Wildman–Crippen MR) is 172 cm³/mol. The highest BCUT2D eigenvalue weighted by Crippen LogP contribution is 2.35. The molecule has 0 fully saturated rings. The van der Waals surface area contributed by atoms with Gasteiger partial charge in [-0.05, 0) is 49.2 Å². The minimum absolute atomic E-state index is 0.00938. The van der Waals surface area contributed by atoms with Crippen LogP contribution in [0.5, 0.6) is 0 Å². The molecule has 0 aliphatic heterocycles. The van der Waals surface area contributed by atoms with E-state index in [0.717, 1.165) is 26.6 Å². The van der Waals surface area contributed by atoms with Gasteiger partial charge in [0.15, 0.2) is 0 Å². The summed E-state index contributed by atoms with van der Waals surface area (Å²) in [6, 6.07) is 26.9. The Morgan fingerprint density at radius 3 is 2.00 bits per heavy atom. The first-order valence-corrected chi connectivity index (χ1v) is 15.8. The van der Waals surface area contributed by atoms with Crippen molar-refractivity contribution in [2.24, 2.45) is 0 Å². The fourth-order valence-electron chi connectivity index (χ4n) is 4.65. The van der Waals surface area contributed by atoms with Crippen molar-refractivity contribution in [1.29, 1.82) is 0 Å². The van der Waals surface area contributed by atoms with Crippen molar-refractivity contribution in [2.75, 3.05) is 17.9 Å². The maximum absolute atomic E-state index is 14.3. The van der Waals surface area contributed by atoms with Crippen LogP contribution in [0.1, 0.15) is 22.3 Å². The van der Waals surface area contributed by atoms with Crippen molar-refractivity contribution < 1.29 is 18.0 Å². The number of hydrogen-bond donors (Lipinski definition) is 1. The molecular formula is C33H33Cl2N3O4S. The van der Waals surface area contributed by atoms with Crippen LogP contribution in [0.4, 0.5) is 5.69 Å². The van der Waals surface area contributed by atoms with Crippen molar-refractivity contribution in [1.82, 2.24) is 10.2 Å². The van der Waals surface area contributed by atoms with E-state index in [-0.39, 0.29) is 39.5 Å². The summed E-state index contributed by atoms with van der Waals surface area (Å²) in [5.74, 6) is -0.963. The number of likely N-dealkylation sites (N-methyl/N-ethyl adjacent to an activating group) is 1. The molecule has 224 valence electrons. The number of nitrogens with zero attached hydrogens (tertiary/aromatic N) is 2. The van der Waals surface area contributed by atoms with Crippen LogP contribution in [0.15, 0.2) is 102 Å². The van der Waals surface area contributed by atoms with Gasteiger partial charge in [0.05, 0.1) is 20.6 Å². The molecule has 2 amide bonds. The molecular weight excluding hydrogens is 605 g/mol. The van der Waals surface area contributed by atoms with Crippen LogP contribution in [0.3, 0.4) is 0 Å². The molecule has 0 radical (unpaired) electrons. The van der Waals surface area contributed by atoms with E-state index in [1.165, 1.54) is 36.2 Å². The molecule has 4 rings (SSSR count). The normalized spacial score (nSPS) is 11.9. The zero-order valence-corrected chi connectivity index (χ0v) is 26.5. The van der Waals surface area contributed by atoms with Gasteiger partial charge in [-0.3, -0.25) is 13.9 Å². The third kappa shape index (κ3) is 7.76. The van der Waals surface area contributed by atoms with Gasteiger partial charge in [-0.25, -0.2) is 8.42 Å². The van der Waals surface area contributed by atoms with Gasteiger partial charge in [0.2, 0.25) is 11.8 Å². The smallest absolute Gasteiger partial charge is 0.264 e. The molecule has 10 heteroatoms. The molecule has 43 heavy (non-hydrogen) atoms. The van der Waals surface area contributed by atoms with Crippen LogP contribution in [0.25, 0.3) is 0 Å². The number of hydrogen-bond acceptors (Lipinski definition) is 4. The van der Waals surface area contributed by atoms with E-state index in [2.05, 4.69) is 5.32 Å². The van der Waals surface area contributed by atoms with Crippen LogP contribution >= 0.6 is 23.2 Å². The number of halogens is 2. The Morgan fingerprint density at radius 1 is 0.791 bits per heavy atom. The van der Waals surface area contributed by atoms with Crippen molar-refractivity contribution >= 4 is 50.7 Å². The lowest BCUT2D eigenvalue weighted by atomic mass is 10.0. The number of carbonyl (C=O) groups is 2. The quantitative estimate of drug-likeness (QED) is 0.212. The van der Waals surface area contributed by atoms with Gasteiger partial charge in [0.1, 0.15) is 12.6 Å². The first-order valence-electron chi connectivity index (χ1n) is 13.6. The van der Waals surface area contributed by atoms with Crippen LogP contribution in [-0.4, -0.2) is 44.8 Å². The largest absolute Gasteiger partial charge is 0.357 e. The summed E-state index contributed by atoms with van der Waals surface area (Å²) in [4.78, 5) is 29.1. The summed E-state index contributed by atoms with van der Waals surface area (Å²) in [6.45, 7) is 3.26. The molecule has 4 aromatic carbocycles. The molecule has 0 heterocycles. The van der Waals surface area contributed by atoms with E-state index < -0.39 is 28.5 Å². The SMILES string of the molecule is CNC(=O)[C@@H](Cc1ccccc1)N(Cc1ccc(C)cc1)C(=O)CN(c1cccc(Cl)c1Cl)S(=O)(=O)c1ccc(C)cc1. The third-order valence-electron chi connectivity index (χ3n) is 7.08. The maximum atomic E-state index is 14.3. The lowest BCUT2D eigenvalue weighted by Crippen LogP contribution is -2.53. The molecule has 0 aromatic heterocycles. The van der Waals surface area contributed by atoms with E-state index in [1.807, 2.05) is 68.4 Å². The fraction of sp³-hybridized carbons (Fsp3) is 0.212. The molecule has 0 saturated carbocycles. The van der Waals surface area contributed by atoms with Crippen LogP contribution in [-0.2, 0) is 32.6 Å². The summed E-state index contributed by atoms with van der Waals surface area (Å²) in [5, 5.41) is 2.80. The standard InChI is InChI=1S/C33H33Cl2N3O4S/c1-23-12-16-26(17-13-23)21-37(30(33(40)36-3)20-25-8-5-4-6-9-25)31(39)22-38(29-11-7-10-28(34)32(29)35)43(41,42)27-18-14-24(2)15-19-27/h4-19,30H,20-22H2,1-3H3,(H,36,40)/t30-/m1/s1. The fourth-order valence-corrected chi connectivity index (χ4v) is 6.52. The Balaban J connectivity index is 1.81. The Labute approximate surface area is 263 Å². The first kappa shape index (κ1) is 32.1. The summed E-state index contributed by atoms with van der Waals surface area (Å²) >= 11 is 12.8. The minimum Gasteiger partial charge on any atom is -0.357 e. The van der Waals surface area contributed by atoms with Gasteiger partial charge in [0.25, 0.3) is 10.0 Å². The molecule has 4 aromatic rings. The van der Waals surface area contributed by atoms with Crippen LogP contribution in [0, 0.1) is 13.8 Å². The number of sulfonamides is 1. The number of carbonyl (C=O) groups excluding carboxylic acids is 2. The molecule has 0 aliphatic carbocycles. The van der Waals surface area contributed by atoms with E-state index in [9.17, 15) is 18.0 Å². The molecule has 0 aliphatic rings. The third-order valence-corrected chi connectivity index (χ3v) is 9.66. The highest BCUT2D eigenvalue weighted by atomic mass is 35.5. The molecule has 0 bridgehead atoms. The number of amides is 2. The number of nitrogens with one attached hydrogen (secondary N) is 1. The monoisotopic (exact) mass is 637 g/mol. The summed E-state index contributed by atoms with van der Waals surface area (Å²) in [6.07, 6.45) is 0.223. The molecule has 1 atom stereocenters. The molecule has 7 nitrogen and oxygen atoms in total. The van der Waals surface area contributed by atoms with Crippen molar-refractivity contribution in [3.63, 3.8) is 0 Å². The van der Waals surface area contributed by atoms with Crippen molar-refractivity contribution in [3.05, 3.63) is 129 Å². The summed E-state index contributed by atoms with van der Waals surface area (Å²) in [7, 11) is -2.78. The van der Waals surface area contributed by atoms with E-state index in [4.69, 9.17) is 23.2 Å². The Kier molecular flexibility index (Phi) is 10.5. The lowest BCUT2D eigenvalue weighted by Gasteiger charge is -2.34. The first-order chi connectivity index (χ1) is 20.5. The van der Waals surface area contributed by atoms with Gasteiger partial charge in [0, 0.05) is 20.0 Å². The second-order valence-electron chi connectivity index (χ2n) is 10.2. The van der Waals surface area contributed by atoms with E-state index >= 15 is 0 Å². The van der Waals surface area contributed by atoms with Gasteiger partial charge in [-0.15, -0.1) is 0 Å². The molecule has 0 saturated heterocycles. The Morgan fingerprint density at radius 2 is 1.40 bits per heavy atom. The van der Waals surface area contributed by atoms with Gasteiger partial charge >= 0.3 is 0 Å². The van der Waals surface area contributed by atoms with Crippen LogP contribution < -0.4 is 9.62 Å². The van der Waals surface area contributed by atoms with Crippen LogP contribution in [0.2, 0.25) is 10.0 Å². The second kappa shape index (κ2) is 14.1. The van der Waals surface area contributed by atoms with Crippen molar-refractivity contribution in [3.8, 4) is 0 Å². The average molecular weight is 639 g/mol.